The van der Waals surface area contributed by atoms with Gasteiger partial charge in [-0.25, -0.2) is 8.42 Å². The minimum atomic E-state index is -3.88. The number of aromatic amines is 1. The molecule has 0 spiro atoms. The molecule has 1 aromatic carbocycles. The number of benzene rings is 1. The average Bonchev–Trinajstić information content (AvgIpc) is 2.76. The molecule has 0 fully saturated rings. The molecule has 0 atom stereocenters. The molecule has 0 aliphatic carbocycles. The van der Waals surface area contributed by atoms with Crippen LogP contribution in [0.1, 0.15) is 25.5 Å². The number of halogens is 1. The normalized spacial score (nSPS) is 11.8. The van der Waals surface area contributed by atoms with Crippen molar-refractivity contribution in [1.29, 1.82) is 0 Å². The predicted molar refractivity (Wildman–Crippen MR) is 79.3 cm³/mol. The van der Waals surface area contributed by atoms with Crippen LogP contribution in [0.15, 0.2) is 29.2 Å². The van der Waals surface area contributed by atoms with E-state index in [0.717, 1.165) is 5.69 Å². The first-order valence-electron chi connectivity index (χ1n) is 5.93. The van der Waals surface area contributed by atoms with Crippen molar-refractivity contribution < 1.29 is 8.42 Å². The lowest BCUT2D eigenvalue weighted by molar-refractivity contribution is 0.601. The molecule has 108 valence electrons. The Morgan fingerprint density at radius 3 is 2.65 bits per heavy atom. The molecule has 6 nitrogen and oxygen atoms in total. The number of sulfonamides is 1. The Morgan fingerprint density at radius 1 is 1.40 bits per heavy atom. The number of aromatic nitrogens is 2. The standard InChI is InChI=1S/C12H15ClN4O2S/c1-7(2)10-6-11(16-15-10)17-20(18,19)12-8(13)4-3-5-9(12)14/h3-7H,14H2,1-2H3,(H2,15,16,17). The highest BCUT2D eigenvalue weighted by Crippen LogP contribution is 2.28. The average molecular weight is 315 g/mol. The van der Waals surface area contributed by atoms with E-state index in [9.17, 15) is 8.42 Å². The quantitative estimate of drug-likeness (QED) is 0.755. The second kappa shape index (κ2) is 5.34. The van der Waals surface area contributed by atoms with Crippen LogP contribution < -0.4 is 10.5 Å². The van der Waals surface area contributed by atoms with Crippen LogP contribution in [0.4, 0.5) is 11.5 Å². The maximum atomic E-state index is 12.3. The number of nitrogens with zero attached hydrogens (tertiary/aromatic N) is 1. The van der Waals surface area contributed by atoms with Gasteiger partial charge in [-0.1, -0.05) is 31.5 Å². The van der Waals surface area contributed by atoms with E-state index in [1.807, 2.05) is 13.8 Å². The molecular formula is C12H15ClN4O2S. The van der Waals surface area contributed by atoms with Crippen molar-refractivity contribution in [3.63, 3.8) is 0 Å². The molecule has 0 aliphatic rings. The van der Waals surface area contributed by atoms with Gasteiger partial charge in [-0.3, -0.25) is 9.82 Å². The Bertz CT molecular complexity index is 705. The molecule has 0 unspecified atom stereocenters. The van der Waals surface area contributed by atoms with Gasteiger partial charge < -0.3 is 5.73 Å². The van der Waals surface area contributed by atoms with E-state index in [4.69, 9.17) is 17.3 Å². The summed E-state index contributed by atoms with van der Waals surface area (Å²) in [6, 6.07) is 6.17. The summed E-state index contributed by atoms with van der Waals surface area (Å²) in [6.45, 7) is 3.94. The summed E-state index contributed by atoms with van der Waals surface area (Å²) in [4.78, 5) is -0.143. The van der Waals surface area contributed by atoms with E-state index in [2.05, 4.69) is 14.9 Å². The molecule has 0 bridgehead atoms. The second-order valence-electron chi connectivity index (χ2n) is 4.63. The molecular weight excluding hydrogens is 300 g/mol. The monoisotopic (exact) mass is 314 g/mol. The number of anilines is 2. The first-order chi connectivity index (χ1) is 9.31. The van der Waals surface area contributed by atoms with Gasteiger partial charge in [0.1, 0.15) is 4.90 Å². The van der Waals surface area contributed by atoms with E-state index >= 15 is 0 Å². The van der Waals surface area contributed by atoms with Crippen molar-refractivity contribution in [2.45, 2.75) is 24.7 Å². The first kappa shape index (κ1) is 14.7. The molecule has 1 heterocycles. The summed E-state index contributed by atoms with van der Waals surface area (Å²) >= 11 is 5.91. The molecule has 1 aromatic heterocycles. The summed E-state index contributed by atoms with van der Waals surface area (Å²) in [7, 11) is -3.88. The van der Waals surface area contributed by atoms with Crippen LogP contribution in [0.5, 0.6) is 0 Å². The highest BCUT2D eigenvalue weighted by molar-refractivity contribution is 7.93. The molecule has 8 heteroatoms. The fourth-order valence-corrected chi connectivity index (χ4v) is 3.35. The molecule has 4 N–H and O–H groups in total. The van der Waals surface area contributed by atoms with Crippen LogP contribution in [0, 0.1) is 0 Å². The summed E-state index contributed by atoms with van der Waals surface area (Å²) in [6.07, 6.45) is 0. The van der Waals surface area contributed by atoms with E-state index in [0.29, 0.717) is 0 Å². The van der Waals surface area contributed by atoms with Crippen molar-refractivity contribution in [1.82, 2.24) is 10.2 Å². The maximum absolute atomic E-state index is 12.3. The number of hydrogen-bond acceptors (Lipinski definition) is 4. The van der Waals surface area contributed by atoms with Gasteiger partial charge >= 0.3 is 0 Å². The Kier molecular flexibility index (Phi) is 3.92. The molecule has 0 saturated carbocycles. The molecule has 2 rings (SSSR count). The SMILES string of the molecule is CC(C)c1cc(NS(=O)(=O)c2c(N)cccc2Cl)n[nH]1. The zero-order chi connectivity index (χ0) is 14.9. The third-order valence-corrected chi connectivity index (χ3v) is 4.62. The van der Waals surface area contributed by atoms with Crippen molar-refractivity contribution in [3.05, 3.63) is 35.0 Å². The summed E-state index contributed by atoms with van der Waals surface area (Å²) < 4.78 is 26.9. The molecule has 20 heavy (non-hydrogen) atoms. The number of nitrogens with one attached hydrogen (secondary N) is 2. The number of rotatable bonds is 4. The molecule has 0 saturated heterocycles. The number of nitrogen functional groups attached to an aromatic ring is 1. The highest BCUT2D eigenvalue weighted by Gasteiger charge is 2.22. The van der Waals surface area contributed by atoms with Crippen molar-refractivity contribution in [2.24, 2.45) is 0 Å². The van der Waals surface area contributed by atoms with E-state index in [1.54, 1.807) is 12.1 Å². The predicted octanol–water partition coefficient (Wildman–Crippen LogP) is 2.57. The Labute approximate surface area is 122 Å². The lowest BCUT2D eigenvalue weighted by Gasteiger charge is -2.09. The first-order valence-corrected chi connectivity index (χ1v) is 7.79. The third-order valence-electron chi connectivity index (χ3n) is 2.72. The van der Waals surface area contributed by atoms with Gasteiger partial charge in [0.05, 0.1) is 10.7 Å². The van der Waals surface area contributed by atoms with E-state index < -0.39 is 10.0 Å². The maximum Gasteiger partial charge on any atom is 0.266 e. The lowest BCUT2D eigenvalue weighted by atomic mass is 10.1. The number of nitrogens with two attached hydrogens (primary N) is 1. The zero-order valence-electron chi connectivity index (χ0n) is 11.0. The number of hydrogen-bond donors (Lipinski definition) is 3. The molecule has 2 aromatic rings. The summed E-state index contributed by atoms with van der Waals surface area (Å²) in [5.74, 6) is 0.416. The summed E-state index contributed by atoms with van der Waals surface area (Å²) in [5, 5.41) is 6.74. The minimum absolute atomic E-state index is 0.0668. The van der Waals surface area contributed by atoms with Crippen LogP contribution in [0.2, 0.25) is 5.02 Å². The third kappa shape index (κ3) is 2.88. The van der Waals surface area contributed by atoms with E-state index in [-0.39, 0.29) is 27.3 Å². The highest BCUT2D eigenvalue weighted by atomic mass is 35.5. The van der Waals surface area contributed by atoms with Gasteiger partial charge in [0.25, 0.3) is 10.0 Å². The van der Waals surface area contributed by atoms with Gasteiger partial charge in [0.2, 0.25) is 0 Å². The van der Waals surface area contributed by atoms with Gasteiger partial charge in [-0.2, -0.15) is 5.10 Å². The second-order valence-corrected chi connectivity index (χ2v) is 6.65. The fourth-order valence-electron chi connectivity index (χ4n) is 1.68. The van der Waals surface area contributed by atoms with Crippen molar-refractivity contribution in [3.8, 4) is 0 Å². The van der Waals surface area contributed by atoms with Gasteiger partial charge in [-0.15, -0.1) is 0 Å². The Hall–Kier alpha value is -1.73. The Morgan fingerprint density at radius 2 is 2.10 bits per heavy atom. The summed E-state index contributed by atoms with van der Waals surface area (Å²) in [5.41, 5.74) is 6.60. The van der Waals surface area contributed by atoms with E-state index in [1.165, 1.54) is 12.1 Å². The largest absolute Gasteiger partial charge is 0.398 e. The molecule has 0 aliphatic heterocycles. The van der Waals surface area contributed by atoms with Crippen LogP contribution in [-0.4, -0.2) is 18.6 Å². The minimum Gasteiger partial charge on any atom is -0.398 e. The van der Waals surface area contributed by atoms with Gasteiger partial charge in [-0.05, 0) is 18.1 Å². The topological polar surface area (TPSA) is 101 Å². The van der Waals surface area contributed by atoms with Crippen LogP contribution >= 0.6 is 11.6 Å². The fraction of sp³-hybridized carbons (Fsp3) is 0.250. The van der Waals surface area contributed by atoms with Crippen LogP contribution in [0.25, 0.3) is 0 Å². The Balaban J connectivity index is 2.36. The van der Waals surface area contributed by atoms with Crippen molar-refractivity contribution in [2.75, 3.05) is 10.5 Å². The smallest absolute Gasteiger partial charge is 0.266 e. The van der Waals surface area contributed by atoms with Crippen LogP contribution in [0.3, 0.4) is 0 Å². The van der Waals surface area contributed by atoms with Gasteiger partial charge in [0.15, 0.2) is 5.82 Å². The van der Waals surface area contributed by atoms with Crippen molar-refractivity contribution >= 4 is 33.1 Å². The zero-order valence-corrected chi connectivity index (χ0v) is 12.6. The lowest BCUT2D eigenvalue weighted by Crippen LogP contribution is -2.15. The number of H-pyrrole nitrogens is 1. The molecule has 0 radical (unpaired) electrons. The van der Waals surface area contributed by atoms with Gasteiger partial charge in [0, 0.05) is 11.8 Å². The van der Waals surface area contributed by atoms with Crippen LogP contribution in [-0.2, 0) is 10.0 Å². The molecule has 0 amide bonds.